The van der Waals surface area contributed by atoms with Gasteiger partial charge in [0.2, 0.25) is 5.91 Å². The molecule has 102 valence electrons. The van der Waals surface area contributed by atoms with Gasteiger partial charge in [-0.1, -0.05) is 13.3 Å². The van der Waals surface area contributed by atoms with Crippen molar-refractivity contribution in [2.75, 3.05) is 0 Å². The van der Waals surface area contributed by atoms with Gasteiger partial charge in [-0.15, -0.1) is 0 Å². The topological polar surface area (TPSA) is 83.1 Å². The molecule has 1 heterocycles. The number of hydrogen-bond acceptors (Lipinski definition) is 4. The number of aromatic nitrogens is 1. The molecule has 0 aliphatic rings. The lowest BCUT2D eigenvalue weighted by atomic mass is 10.2. The molecule has 0 bridgehead atoms. The Hall–Kier alpha value is -2.02. The maximum absolute atomic E-state index is 11.6. The van der Waals surface area contributed by atoms with E-state index >= 15 is 0 Å². The van der Waals surface area contributed by atoms with E-state index in [4.69, 9.17) is 12.2 Å². The predicted molar refractivity (Wildman–Crippen MR) is 75.1 cm³/mol. The minimum Gasteiger partial charge on any atom is -0.302 e. The summed E-state index contributed by atoms with van der Waals surface area (Å²) < 4.78 is 0. The van der Waals surface area contributed by atoms with Crippen molar-refractivity contribution in [3.8, 4) is 0 Å². The Balaban J connectivity index is 2.30. The first-order valence-electron chi connectivity index (χ1n) is 5.93. The van der Waals surface area contributed by atoms with E-state index in [1.165, 1.54) is 12.4 Å². The molecule has 7 heteroatoms. The molecule has 0 fully saturated rings. The molecule has 0 aliphatic carbocycles. The zero-order valence-corrected chi connectivity index (χ0v) is 11.4. The van der Waals surface area contributed by atoms with Crippen LogP contribution in [-0.2, 0) is 4.79 Å². The largest absolute Gasteiger partial charge is 0.302 e. The number of carbonyl (C=O) groups excluding carboxylic acids is 2. The number of thiocarbonyl (C=S) groups is 1. The number of hydrogen-bond donors (Lipinski definition) is 3. The normalized spacial score (nSPS) is 9.53. The van der Waals surface area contributed by atoms with Crippen LogP contribution in [0.5, 0.6) is 0 Å². The number of hydrazine groups is 1. The molecule has 1 aromatic heterocycles. The molecule has 3 N–H and O–H groups in total. The third-order valence-electron chi connectivity index (χ3n) is 2.24. The Kier molecular flexibility index (Phi) is 6.45. The van der Waals surface area contributed by atoms with Gasteiger partial charge < -0.3 is 5.32 Å². The molecular weight excluding hydrogens is 264 g/mol. The van der Waals surface area contributed by atoms with Crippen LogP contribution in [0.3, 0.4) is 0 Å². The van der Waals surface area contributed by atoms with Gasteiger partial charge in [0.15, 0.2) is 5.11 Å². The van der Waals surface area contributed by atoms with Gasteiger partial charge in [0.05, 0.1) is 0 Å². The van der Waals surface area contributed by atoms with E-state index in [-0.39, 0.29) is 16.9 Å². The second-order valence-corrected chi connectivity index (χ2v) is 4.20. The van der Waals surface area contributed by atoms with Gasteiger partial charge in [0.25, 0.3) is 5.91 Å². The second kappa shape index (κ2) is 8.15. The molecule has 0 saturated carbocycles. The molecular formula is C12H16N4O2S. The third-order valence-corrected chi connectivity index (χ3v) is 2.45. The number of rotatable bonds is 4. The van der Waals surface area contributed by atoms with Gasteiger partial charge in [-0.25, -0.2) is 0 Å². The second-order valence-electron chi connectivity index (χ2n) is 3.80. The molecule has 0 atom stereocenters. The third kappa shape index (κ3) is 5.91. The minimum absolute atomic E-state index is 0.0727. The summed E-state index contributed by atoms with van der Waals surface area (Å²) in [5.74, 6) is -0.523. The lowest BCUT2D eigenvalue weighted by molar-refractivity contribution is -0.119. The standard InChI is InChI=1S/C12H16N4O2S/c1-2-3-4-10(17)14-12(19)16-15-11(18)9-5-7-13-8-6-9/h5-8H,2-4H2,1H3,(H,15,18)(H2,14,16,17,19). The molecule has 0 aliphatic heterocycles. The van der Waals surface area contributed by atoms with Gasteiger partial charge in [-0.2, -0.15) is 0 Å². The van der Waals surface area contributed by atoms with E-state index in [2.05, 4.69) is 21.2 Å². The molecule has 0 aromatic carbocycles. The number of nitrogens with one attached hydrogen (secondary N) is 3. The van der Waals surface area contributed by atoms with Gasteiger partial charge in [-0.3, -0.25) is 25.4 Å². The lowest BCUT2D eigenvalue weighted by Crippen LogP contribution is -2.48. The van der Waals surface area contributed by atoms with E-state index in [1.807, 2.05) is 6.92 Å². The number of pyridine rings is 1. The highest BCUT2D eigenvalue weighted by Crippen LogP contribution is 1.94. The average molecular weight is 280 g/mol. The van der Waals surface area contributed by atoms with Crippen LogP contribution < -0.4 is 16.2 Å². The van der Waals surface area contributed by atoms with Crippen LogP contribution in [0.2, 0.25) is 0 Å². The molecule has 19 heavy (non-hydrogen) atoms. The van der Waals surface area contributed by atoms with E-state index in [9.17, 15) is 9.59 Å². The molecule has 0 spiro atoms. The van der Waals surface area contributed by atoms with Crippen molar-refractivity contribution in [1.29, 1.82) is 0 Å². The fourth-order valence-corrected chi connectivity index (χ4v) is 1.41. The Morgan fingerprint density at radius 2 is 1.95 bits per heavy atom. The van der Waals surface area contributed by atoms with E-state index in [0.29, 0.717) is 12.0 Å². The summed E-state index contributed by atoms with van der Waals surface area (Å²) in [6, 6.07) is 3.14. The van der Waals surface area contributed by atoms with Crippen LogP contribution in [0.25, 0.3) is 0 Å². The van der Waals surface area contributed by atoms with Gasteiger partial charge in [0, 0.05) is 24.4 Å². The van der Waals surface area contributed by atoms with Crippen LogP contribution in [0.15, 0.2) is 24.5 Å². The Labute approximate surface area is 117 Å². The summed E-state index contributed by atoms with van der Waals surface area (Å²) >= 11 is 4.88. The summed E-state index contributed by atoms with van der Waals surface area (Å²) in [5, 5.41) is 2.55. The van der Waals surface area contributed by atoms with Crippen LogP contribution in [0, 0.1) is 0 Å². The molecule has 0 radical (unpaired) electrons. The van der Waals surface area contributed by atoms with Crippen molar-refractivity contribution >= 4 is 29.1 Å². The number of carbonyl (C=O) groups is 2. The van der Waals surface area contributed by atoms with E-state index in [0.717, 1.165) is 12.8 Å². The number of amides is 2. The van der Waals surface area contributed by atoms with Crippen LogP contribution in [-0.4, -0.2) is 21.9 Å². The van der Waals surface area contributed by atoms with Crippen molar-refractivity contribution in [3.05, 3.63) is 30.1 Å². The summed E-state index contributed by atoms with van der Waals surface area (Å²) in [6.07, 6.45) is 5.18. The highest BCUT2D eigenvalue weighted by Gasteiger charge is 2.06. The number of unbranched alkanes of at least 4 members (excludes halogenated alkanes) is 1. The van der Waals surface area contributed by atoms with Crippen molar-refractivity contribution in [3.63, 3.8) is 0 Å². The zero-order valence-electron chi connectivity index (χ0n) is 10.6. The average Bonchev–Trinajstić information content (AvgIpc) is 2.43. The van der Waals surface area contributed by atoms with Gasteiger partial charge in [0.1, 0.15) is 0 Å². The molecule has 1 aromatic rings. The molecule has 6 nitrogen and oxygen atoms in total. The van der Waals surface area contributed by atoms with Crippen molar-refractivity contribution in [2.45, 2.75) is 26.2 Å². The smallest absolute Gasteiger partial charge is 0.269 e. The molecule has 0 unspecified atom stereocenters. The Morgan fingerprint density at radius 1 is 1.26 bits per heavy atom. The zero-order chi connectivity index (χ0) is 14.1. The van der Waals surface area contributed by atoms with Crippen LogP contribution >= 0.6 is 12.2 Å². The first-order chi connectivity index (χ1) is 9.13. The monoisotopic (exact) mass is 280 g/mol. The number of nitrogens with zero attached hydrogens (tertiary/aromatic N) is 1. The first kappa shape index (κ1) is 15.0. The van der Waals surface area contributed by atoms with Crippen molar-refractivity contribution < 1.29 is 9.59 Å². The quantitative estimate of drug-likeness (QED) is 0.564. The van der Waals surface area contributed by atoms with Crippen LogP contribution in [0.4, 0.5) is 0 Å². The summed E-state index contributed by atoms with van der Waals surface area (Å²) in [6.45, 7) is 2.00. The molecule has 2 amide bonds. The van der Waals surface area contributed by atoms with Crippen molar-refractivity contribution in [1.82, 2.24) is 21.2 Å². The SMILES string of the molecule is CCCCC(=O)NC(=S)NNC(=O)c1ccncc1. The highest BCUT2D eigenvalue weighted by molar-refractivity contribution is 7.80. The molecule has 1 rings (SSSR count). The fourth-order valence-electron chi connectivity index (χ4n) is 1.25. The Bertz CT molecular complexity index is 450. The molecule has 0 saturated heterocycles. The minimum atomic E-state index is -0.354. The Morgan fingerprint density at radius 3 is 2.58 bits per heavy atom. The summed E-state index contributed by atoms with van der Waals surface area (Å²) in [4.78, 5) is 26.8. The fraction of sp³-hybridized carbons (Fsp3) is 0.333. The maximum atomic E-state index is 11.6. The van der Waals surface area contributed by atoms with Crippen LogP contribution in [0.1, 0.15) is 36.5 Å². The maximum Gasteiger partial charge on any atom is 0.269 e. The highest BCUT2D eigenvalue weighted by atomic mass is 32.1. The van der Waals surface area contributed by atoms with E-state index < -0.39 is 0 Å². The van der Waals surface area contributed by atoms with Gasteiger partial charge >= 0.3 is 0 Å². The summed E-state index contributed by atoms with van der Waals surface area (Å²) in [7, 11) is 0. The lowest BCUT2D eigenvalue weighted by Gasteiger charge is -2.10. The van der Waals surface area contributed by atoms with Crippen molar-refractivity contribution in [2.24, 2.45) is 0 Å². The predicted octanol–water partition coefficient (Wildman–Crippen LogP) is 0.907. The summed E-state index contributed by atoms with van der Waals surface area (Å²) in [5.41, 5.74) is 5.30. The van der Waals surface area contributed by atoms with Gasteiger partial charge in [-0.05, 0) is 30.8 Å². The first-order valence-corrected chi connectivity index (χ1v) is 6.34. The van der Waals surface area contributed by atoms with E-state index in [1.54, 1.807) is 12.1 Å².